The topological polar surface area (TPSA) is 38.3 Å². The smallest absolute Gasteiger partial charge is 0.224 e. The van der Waals surface area contributed by atoms with Crippen LogP contribution >= 0.6 is 0 Å². The number of hydrogen-bond donors (Lipinski definition) is 1. The summed E-state index contributed by atoms with van der Waals surface area (Å²) < 4.78 is 4.96. The Morgan fingerprint density at radius 2 is 2.33 bits per heavy atom. The van der Waals surface area contributed by atoms with E-state index in [9.17, 15) is 4.79 Å². The molecule has 1 N–H and O–H groups in total. The molecule has 0 aliphatic carbocycles. The fourth-order valence-electron chi connectivity index (χ4n) is 0.862. The highest BCUT2D eigenvalue weighted by atomic mass is 16.5. The van der Waals surface area contributed by atoms with E-state index in [-0.39, 0.29) is 5.91 Å². The summed E-state index contributed by atoms with van der Waals surface area (Å²) in [6, 6.07) is 7.09. The number of benzene rings is 1. The van der Waals surface area contributed by atoms with Crippen molar-refractivity contribution in [2.75, 3.05) is 12.4 Å². The number of hydrogen-bond acceptors (Lipinski definition) is 2. The zero-order valence-electron chi connectivity index (χ0n) is 6.83. The molecule has 3 nitrogen and oxygen atoms in total. The first-order valence-electron chi connectivity index (χ1n) is 3.49. The molecular formula is C9H10NO2. The zero-order valence-corrected chi connectivity index (χ0v) is 6.83. The Morgan fingerprint density at radius 3 is 2.92 bits per heavy atom. The van der Waals surface area contributed by atoms with E-state index in [0.29, 0.717) is 11.4 Å². The maximum Gasteiger partial charge on any atom is 0.224 e. The van der Waals surface area contributed by atoms with Crippen molar-refractivity contribution in [3.05, 3.63) is 31.2 Å². The first kappa shape index (κ1) is 8.59. The maximum absolute atomic E-state index is 10.5. The molecular weight excluding hydrogens is 154 g/mol. The first-order chi connectivity index (χ1) is 5.72. The molecule has 0 saturated heterocycles. The van der Waals surface area contributed by atoms with Crippen LogP contribution in [0, 0.1) is 6.92 Å². The van der Waals surface area contributed by atoms with Crippen LogP contribution in [-0.4, -0.2) is 13.0 Å². The van der Waals surface area contributed by atoms with Crippen LogP contribution in [0.5, 0.6) is 5.75 Å². The first-order valence-corrected chi connectivity index (χ1v) is 3.49. The van der Waals surface area contributed by atoms with Crippen molar-refractivity contribution in [1.82, 2.24) is 0 Å². The molecule has 12 heavy (non-hydrogen) atoms. The van der Waals surface area contributed by atoms with E-state index in [0.717, 1.165) is 0 Å². The van der Waals surface area contributed by atoms with Gasteiger partial charge in [-0.15, -0.1) is 0 Å². The summed E-state index contributed by atoms with van der Waals surface area (Å²) in [7, 11) is 1.57. The van der Waals surface area contributed by atoms with Crippen molar-refractivity contribution < 1.29 is 9.53 Å². The van der Waals surface area contributed by atoms with Gasteiger partial charge in [-0.1, -0.05) is 6.07 Å². The highest BCUT2D eigenvalue weighted by Crippen LogP contribution is 2.16. The molecule has 0 spiro atoms. The third-order valence-corrected chi connectivity index (χ3v) is 1.35. The number of ether oxygens (including phenoxy) is 1. The van der Waals surface area contributed by atoms with Gasteiger partial charge in [0.05, 0.1) is 7.11 Å². The Morgan fingerprint density at radius 1 is 1.58 bits per heavy atom. The fraction of sp³-hybridized carbons (Fsp3) is 0.111. The molecule has 0 unspecified atom stereocenters. The molecule has 1 radical (unpaired) electrons. The lowest BCUT2D eigenvalue weighted by Crippen LogP contribution is -2.05. The second kappa shape index (κ2) is 3.76. The molecule has 1 aromatic carbocycles. The van der Waals surface area contributed by atoms with E-state index < -0.39 is 0 Å². The van der Waals surface area contributed by atoms with Gasteiger partial charge in [-0.25, -0.2) is 0 Å². The molecule has 0 fully saturated rings. The van der Waals surface area contributed by atoms with Crippen LogP contribution in [0.15, 0.2) is 24.3 Å². The normalized spacial score (nSPS) is 9.17. The number of anilines is 1. The number of carbonyl (C=O) groups is 1. The minimum absolute atomic E-state index is 0.330. The van der Waals surface area contributed by atoms with Crippen LogP contribution in [-0.2, 0) is 4.79 Å². The lowest BCUT2D eigenvalue weighted by Gasteiger charge is -2.03. The molecule has 0 atom stereocenters. The van der Waals surface area contributed by atoms with Gasteiger partial charge in [0.15, 0.2) is 0 Å². The van der Waals surface area contributed by atoms with Crippen LogP contribution in [0.3, 0.4) is 0 Å². The summed E-state index contributed by atoms with van der Waals surface area (Å²) in [6.07, 6.45) is 0. The molecule has 1 aromatic rings. The van der Waals surface area contributed by atoms with E-state index in [1.807, 2.05) is 0 Å². The zero-order chi connectivity index (χ0) is 8.97. The van der Waals surface area contributed by atoms with Gasteiger partial charge >= 0.3 is 0 Å². The highest BCUT2D eigenvalue weighted by Gasteiger charge is 1.96. The molecule has 3 heteroatoms. The predicted molar refractivity (Wildman–Crippen MR) is 47.0 cm³/mol. The monoisotopic (exact) mass is 164 g/mol. The Kier molecular flexibility index (Phi) is 2.69. The molecule has 0 bridgehead atoms. The summed E-state index contributed by atoms with van der Waals surface area (Å²) in [6.45, 7) is 3.20. The SMILES string of the molecule is [CH2]C(=O)Nc1cccc(OC)c1. The molecule has 0 saturated carbocycles. The van der Waals surface area contributed by atoms with Gasteiger partial charge in [0, 0.05) is 18.7 Å². The van der Waals surface area contributed by atoms with Crippen molar-refractivity contribution in [3.63, 3.8) is 0 Å². The van der Waals surface area contributed by atoms with Crippen LogP contribution in [0.1, 0.15) is 0 Å². The van der Waals surface area contributed by atoms with Crippen molar-refractivity contribution >= 4 is 11.6 Å². The van der Waals surface area contributed by atoms with Crippen molar-refractivity contribution in [1.29, 1.82) is 0 Å². The van der Waals surface area contributed by atoms with Gasteiger partial charge in [-0.05, 0) is 12.1 Å². The van der Waals surface area contributed by atoms with Gasteiger partial charge in [-0.2, -0.15) is 0 Å². The Labute approximate surface area is 71.4 Å². The third-order valence-electron chi connectivity index (χ3n) is 1.35. The van der Waals surface area contributed by atoms with Gasteiger partial charge in [0.1, 0.15) is 5.75 Å². The molecule has 0 heterocycles. The number of nitrogens with one attached hydrogen (secondary N) is 1. The summed E-state index contributed by atoms with van der Waals surface area (Å²) in [5, 5.41) is 2.55. The van der Waals surface area contributed by atoms with Gasteiger partial charge in [0.25, 0.3) is 0 Å². The number of methoxy groups -OCH3 is 1. The quantitative estimate of drug-likeness (QED) is 0.718. The van der Waals surface area contributed by atoms with E-state index >= 15 is 0 Å². The molecule has 1 amide bonds. The lowest BCUT2D eigenvalue weighted by atomic mass is 10.3. The average Bonchev–Trinajstić information content (AvgIpc) is 2.03. The summed E-state index contributed by atoms with van der Waals surface area (Å²) >= 11 is 0. The Bertz CT molecular complexity index is 284. The molecule has 0 aliphatic rings. The highest BCUT2D eigenvalue weighted by molar-refractivity contribution is 5.93. The third kappa shape index (κ3) is 2.27. The second-order valence-corrected chi connectivity index (χ2v) is 2.28. The van der Waals surface area contributed by atoms with Crippen molar-refractivity contribution in [3.8, 4) is 5.75 Å². The van der Waals surface area contributed by atoms with Crippen molar-refractivity contribution in [2.45, 2.75) is 0 Å². The predicted octanol–water partition coefficient (Wildman–Crippen LogP) is 1.47. The largest absolute Gasteiger partial charge is 0.497 e. The standard InChI is InChI=1S/C9H10NO2/c1-7(11)10-8-4-3-5-9(6-8)12-2/h3-6H,1H2,2H3,(H,10,11). The molecule has 0 aliphatic heterocycles. The molecule has 63 valence electrons. The number of rotatable bonds is 2. The van der Waals surface area contributed by atoms with Crippen LogP contribution in [0.25, 0.3) is 0 Å². The minimum Gasteiger partial charge on any atom is -0.497 e. The minimum atomic E-state index is -0.330. The van der Waals surface area contributed by atoms with E-state index in [1.165, 1.54) is 0 Å². The van der Waals surface area contributed by atoms with Gasteiger partial charge < -0.3 is 10.1 Å². The van der Waals surface area contributed by atoms with Gasteiger partial charge in [0.2, 0.25) is 5.91 Å². The van der Waals surface area contributed by atoms with Crippen LogP contribution in [0.2, 0.25) is 0 Å². The van der Waals surface area contributed by atoms with Crippen molar-refractivity contribution in [2.24, 2.45) is 0 Å². The van der Waals surface area contributed by atoms with E-state index in [1.54, 1.807) is 31.4 Å². The summed E-state index contributed by atoms with van der Waals surface area (Å²) in [5.41, 5.74) is 0.689. The fourth-order valence-corrected chi connectivity index (χ4v) is 0.862. The van der Waals surface area contributed by atoms with Gasteiger partial charge in [-0.3, -0.25) is 4.79 Å². The summed E-state index contributed by atoms with van der Waals surface area (Å²) in [4.78, 5) is 10.5. The Balaban J connectivity index is 2.79. The maximum atomic E-state index is 10.5. The molecule has 0 aromatic heterocycles. The number of carbonyl (C=O) groups excluding carboxylic acids is 1. The van der Waals surface area contributed by atoms with Crippen LogP contribution < -0.4 is 10.1 Å². The van der Waals surface area contributed by atoms with E-state index in [4.69, 9.17) is 4.74 Å². The molecule has 1 rings (SSSR count). The second-order valence-electron chi connectivity index (χ2n) is 2.28. The lowest BCUT2D eigenvalue weighted by molar-refractivity contribution is -0.112. The number of amides is 1. The van der Waals surface area contributed by atoms with Crippen LogP contribution in [0.4, 0.5) is 5.69 Å². The van der Waals surface area contributed by atoms with E-state index in [2.05, 4.69) is 12.2 Å². The summed E-state index contributed by atoms with van der Waals surface area (Å²) in [5.74, 6) is 0.379. The Hall–Kier alpha value is -1.51. The average molecular weight is 164 g/mol.